The Morgan fingerprint density at radius 3 is 3.06 bits per heavy atom. The fourth-order valence-corrected chi connectivity index (χ4v) is 2.65. The van der Waals surface area contributed by atoms with Crippen LogP contribution in [0.25, 0.3) is 10.9 Å². The highest BCUT2D eigenvalue weighted by Crippen LogP contribution is 2.21. The lowest BCUT2D eigenvalue weighted by Crippen LogP contribution is -2.14. The molecule has 0 amide bonds. The van der Waals surface area contributed by atoms with Gasteiger partial charge in [-0.15, -0.1) is 0 Å². The standard InChI is InChI=1S/C14H16N2OS/c15-14(18)11-3-4-13-10(8-11)5-6-16(13)9-12-2-1-7-17-12/h3-6,8,12H,1-2,7,9H2,(H2,15,18). The van der Waals surface area contributed by atoms with E-state index in [1.807, 2.05) is 12.1 Å². The van der Waals surface area contributed by atoms with Gasteiger partial charge in [0.25, 0.3) is 0 Å². The third kappa shape index (κ3) is 2.13. The van der Waals surface area contributed by atoms with Crippen molar-refractivity contribution in [2.24, 2.45) is 5.73 Å². The SMILES string of the molecule is NC(=S)c1ccc2c(ccn2CC2CCCO2)c1. The van der Waals surface area contributed by atoms with Crippen molar-refractivity contribution in [2.75, 3.05) is 6.61 Å². The van der Waals surface area contributed by atoms with Crippen LogP contribution in [0, 0.1) is 0 Å². The molecule has 0 radical (unpaired) electrons. The highest BCUT2D eigenvalue weighted by molar-refractivity contribution is 7.80. The van der Waals surface area contributed by atoms with Crippen LogP contribution in [0.15, 0.2) is 30.5 Å². The van der Waals surface area contributed by atoms with E-state index in [2.05, 4.69) is 22.9 Å². The fraction of sp³-hybridized carbons (Fsp3) is 0.357. The first-order valence-electron chi connectivity index (χ1n) is 6.24. The second-order valence-corrected chi connectivity index (χ2v) is 5.18. The first-order valence-corrected chi connectivity index (χ1v) is 6.65. The summed E-state index contributed by atoms with van der Waals surface area (Å²) in [6.07, 6.45) is 4.80. The van der Waals surface area contributed by atoms with Gasteiger partial charge in [-0.3, -0.25) is 0 Å². The largest absolute Gasteiger partial charge is 0.389 e. The molecule has 1 unspecified atom stereocenters. The summed E-state index contributed by atoms with van der Waals surface area (Å²) in [5.74, 6) is 0. The second-order valence-electron chi connectivity index (χ2n) is 4.74. The summed E-state index contributed by atoms with van der Waals surface area (Å²) in [4.78, 5) is 0.448. The van der Waals surface area contributed by atoms with Gasteiger partial charge in [0.1, 0.15) is 4.99 Å². The molecule has 18 heavy (non-hydrogen) atoms. The zero-order chi connectivity index (χ0) is 12.5. The van der Waals surface area contributed by atoms with Gasteiger partial charge >= 0.3 is 0 Å². The number of fused-ring (bicyclic) bond motifs is 1. The van der Waals surface area contributed by atoms with Gasteiger partial charge in [0, 0.05) is 35.8 Å². The van der Waals surface area contributed by atoms with E-state index in [1.165, 1.54) is 17.3 Å². The van der Waals surface area contributed by atoms with Gasteiger partial charge in [0.2, 0.25) is 0 Å². The number of nitrogens with zero attached hydrogens (tertiary/aromatic N) is 1. The maximum absolute atomic E-state index is 5.68. The average molecular weight is 260 g/mol. The number of hydrogen-bond acceptors (Lipinski definition) is 2. The van der Waals surface area contributed by atoms with Gasteiger partial charge in [-0.1, -0.05) is 12.2 Å². The Balaban J connectivity index is 1.91. The van der Waals surface area contributed by atoms with E-state index in [9.17, 15) is 0 Å². The minimum atomic E-state index is 0.357. The van der Waals surface area contributed by atoms with Crippen LogP contribution in [0.3, 0.4) is 0 Å². The van der Waals surface area contributed by atoms with Crippen molar-refractivity contribution in [3.63, 3.8) is 0 Å². The van der Waals surface area contributed by atoms with E-state index in [0.29, 0.717) is 11.1 Å². The Morgan fingerprint density at radius 2 is 2.33 bits per heavy atom. The average Bonchev–Trinajstić information content (AvgIpc) is 2.99. The summed E-state index contributed by atoms with van der Waals surface area (Å²) in [6.45, 7) is 1.82. The Kier molecular flexibility index (Phi) is 3.06. The molecule has 2 aromatic rings. The molecule has 1 fully saturated rings. The smallest absolute Gasteiger partial charge is 0.104 e. The Morgan fingerprint density at radius 1 is 1.44 bits per heavy atom. The molecular weight excluding hydrogens is 244 g/mol. The highest BCUT2D eigenvalue weighted by atomic mass is 32.1. The van der Waals surface area contributed by atoms with E-state index in [1.54, 1.807) is 0 Å². The molecule has 1 saturated heterocycles. The maximum atomic E-state index is 5.68. The van der Waals surface area contributed by atoms with Gasteiger partial charge < -0.3 is 15.0 Å². The predicted molar refractivity (Wildman–Crippen MR) is 76.8 cm³/mol. The quantitative estimate of drug-likeness (QED) is 0.862. The van der Waals surface area contributed by atoms with Gasteiger partial charge in [-0.2, -0.15) is 0 Å². The van der Waals surface area contributed by atoms with Crippen LogP contribution < -0.4 is 5.73 Å². The molecular formula is C14H16N2OS. The minimum absolute atomic E-state index is 0.357. The van der Waals surface area contributed by atoms with Crippen LogP contribution >= 0.6 is 12.2 Å². The molecule has 0 bridgehead atoms. The molecule has 1 aliphatic rings. The first kappa shape index (κ1) is 11.7. The number of hydrogen-bond donors (Lipinski definition) is 1. The van der Waals surface area contributed by atoms with E-state index in [4.69, 9.17) is 22.7 Å². The Hall–Kier alpha value is -1.39. The third-order valence-corrected chi connectivity index (χ3v) is 3.72. The summed E-state index contributed by atoms with van der Waals surface area (Å²) in [6, 6.07) is 8.21. The van der Waals surface area contributed by atoms with Crippen LogP contribution in [0.4, 0.5) is 0 Å². The van der Waals surface area contributed by atoms with Crippen molar-refractivity contribution in [1.82, 2.24) is 4.57 Å². The zero-order valence-corrected chi connectivity index (χ0v) is 11.0. The number of aromatic nitrogens is 1. The molecule has 0 spiro atoms. The Bertz CT molecular complexity index is 584. The molecule has 1 aromatic carbocycles. The van der Waals surface area contributed by atoms with Crippen LogP contribution in [0.2, 0.25) is 0 Å². The van der Waals surface area contributed by atoms with E-state index < -0.39 is 0 Å². The molecule has 94 valence electrons. The molecule has 4 heteroatoms. The third-order valence-electron chi connectivity index (χ3n) is 3.48. The monoisotopic (exact) mass is 260 g/mol. The summed E-state index contributed by atoms with van der Waals surface area (Å²) < 4.78 is 7.92. The molecule has 1 atom stereocenters. The van der Waals surface area contributed by atoms with E-state index >= 15 is 0 Å². The summed E-state index contributed by atoms with van der Waals surface area (Å²) in [7, 11) is 0. The number of ether oxygens (including phenoxy) is 1. The van der Waals surface area contributed by atoms with Gasteiger partial charge in [-0.05, 0) is 37.1 Å². The fourth-order valence-electron chi connectivity index (χ4n) is 2.52. The van der Waals surface area contributed by atoms with Gasteiger partial charge in [0.15, 0.2) is 0 Å². The van der Waals surface area contributed by atoms with Crippen molar-refractivity contribution < 1.29 is 4.74 Å². The topological polar surface area (TPSA) is 40.2 Å². The summed E-state index contributed by atoms with van der Waals surface area (Å²) in [5, 5.41) is 1.18. The normalized spacial score (nSPS) is 19.4. The van der Waals surface area contributed by atoms with Gasteiger partial charge in [-0.25, -0.2) is 0 Å². The molecule has 1 aliphatic heterocycles. The van der Waals surface area contributed by atoms with Gasteiger partial charge in [0.05, 0.1) is 6.10 Å². The summed E-state index contributed by atoms with van der Waals surface area (Å²) in [5.41, 5.74) is 7.79. The van der Waals surface area contributed by atoms with Crippen LogP contribution in [0.5, 0.6) is 0 Å². The summed E-state index contributed by atoms with van der Waals surface area (Å²) >= 11 is 5.00. The van der Waals surface area contributed by atoms with Crippen molar-refractivity contribution in [1.29, 1.82) is 0 Å². The molecule has 2 N–H and O–H groups in total. The first-order chi connectivity index (χ1) is 8.74. The number of nitrogens with two attached hydrogens (primary N) is 1. The minimum Gasteiger partial charge on any atom is -0.389 e. The van der Waals surface area contributed by atoms with Crippen molar-refractivity contribution >= 4 is 28.1 Å². The van der Waals surface area contributed by atoms with E-state index in [-0.39, 0.29) is 0 Å². The number of benzene rings is 1. The zero-order valence-electron chi connectivity index (χ0n) is 10.1. The Labute approximate surface area is 112 Å². The lowest BCUT2D eigenvalue weighted by atomic mass is 10.1. The number of thiocarbonyl (C=S) groups is 1. The predicted octanol–water partition coefficient (Wildman–Crippen LogP) is 2.45. The molecule has 1 aromatic heterocycles. The lowest BCUT2D eigenvalue weighted by molar-refractivity contribution is 0.0980. The van der Waals surface area contributed by atoms with Crippen LogP contribution in [0.1, 0.15) is 18.4 Å². The number of rotatable bonds is 3. The molecule has 0 aliphatic carbocycles. The van der Waals surface area contributed by atoms with Crippen molar-refractivity contribution in [2.45, 2.75) is 25.5 Å². The molecule has 0 saturated carbocycles. The van der Waals surface area contributed by atoms with Crippen LogP contribution in [-0.2, 0) is 11.3 Å². The second kappa shape index (κ2) is 4.71. The lowest BCUT2D eigenvalue weighted by Gasteiger charge is -2.11. The molecule has 2 heterocycles. The van der Waals surface area contributed by atoms with Crippen molar-refractivity contribution in [3.05, 3.63) is 36.0 Å². The maximum Gasteiger partial charge on any atom is 0.104 e. The van der Waals surface area contributed by atoms with Crippen LogP contribution in [-0.4, -0.2) is 22.3 Å². The molecule has 3 rings (SSSR count). The van der Waals surface area contributed by atoms with Crippen molar-refractivity contribution in [3.8, 4) is 0 Å². The molecule has 3 nitrogen and oxygen atoms in total. The van der Waals surface area contributed by atoms with E-state index in [0.717, 1.165) is 25.1 Å². The highest BCUT2D eigenvalue weighted by Gasteiger charge is 2.16.